The van der Waals surface area contributed by atoms with Crippen molar-refractivity contribution in [1.82, 2.24) is 24.6 Å². The van der Waals surface area contributed by atoms with E-state index in [0.29, 0.717) is 19.0 Å². The molecule has 0 radical (unpaired) electrons. The molecule has 1 saturated heterocycles. The molecule has 1 aliphatic rings. The average Bonchev–Trinajstić information content (AvgIpc) is 3.42. The number of aromatic nitrogens is 4. The number of para-hydroxylation sites is 1. The first-order valence-corrected chi connectivity index (χ1v) is 10.8. The van der Waals surface area contributed by atoms with E-state index in [2.05, 4.69) is 10.1 Å². The van der Waals surface area contributed by atoms with Gasteiger partial charge in [-0.05, 0) is 31.4 Å². The Balaban J connectivity index is 1.51. The Morgan fingerprint density at radius 2 is 1.97 bits per heavy atom. The lowest BCUT2D eigenvalue weighted by atomic mass is 9.97. The van der Waals surface area contributed by atoms with Crippen LogP contribution < -0.4 is 9.64 Å². The number of amides is 1. The number of ether oxygens (including phenoxy) is 1. The fourth-order valence-corrected chi connectivity index (χ4v) is 4.16. The third-order valence-electron chi connectivity index (χ3n) is 5.90. The van der Waals surface area contributed by atoms with Gasteiger partial charge in [-0.15, -0.1) is 0 Å². The maximum atomic E-state index is 12.9. The Kier molecular flexibility index (Phi) is 6.12. The van der Waals surface area contributed by atoms with Crippen LogP contribution in [0.3, 0.4) is 0 Å². The van der Waals surface area contributed by atoms with Gasteiger partial charge in [-0.2, -0.15) is 5.10 Å². The summed E-state index contributed by atoms with van der Waals surface area (Å²) in [6.07, 6.45) is 6.51. The molecule has 1 aromatic carbocycles. The molecule has 4 rings (SSSR count). The minimum atomic E-state index is -0.0000278. The van der Waals surface area contributed by atoms with Crippen molar-refractivity contribution in [2.75, 3.05) is 38.7 Å². The van der Waals surface area contributed by atoms with Gasteiger partial charge in [-0.25, -0.2) is 9.97 Å². The topological polar surface area (TPSA) is 76.4 Å². The molecule has 1 aliphatic heterocycles. The van der Waals surface area contributed by atoms with E-state index in [1.807, 2.05) is 81.6 Å². The van der Waals surface area contributed by atoms with Crippen LogP contribution in [0.25, 0.3) is 11.1 Å². The Morgan fingerprint density at radius 1 is 1.22 bits per heavy atom. The van der Waals surface area contributed by atoms with Crippen molar-refractivity contribution < 1.29 is 9.53 Å². The third kappa shape index (κ3) is 4.44. The highest BCUT2D eigenvalue weighted by molar-refractivity contribution is 5.78. The van der Waals surface area contributed by atoms with Gasteiger partial charge in [0.05, 0.1) is 11.9 Å². The smallest absolute Gasteiger partial charge is 0.260 e. The van der Waals surface area contributed by atoms with Gasteiger partial charge in [-0.3, -0.25) is 9.48 Å². The summed E-state index contributed by atoms with van der Waals surface area (Å²) in [5, 5.41) is 4.30. The van der Waals surface area contributed by atoms with E-state index < -0.39 is 0 Å². The minimum Gasteiger partial charge on any atom is -0.483 e. The highest BCUT2D eigenvalue weighted by Gasteiger charge is 2.31. The van der Waals surface area contributed by atoms with Crippen LogP contribution in [0.1, 0.15) is 29.2 Å². The van der Waals surface area contributed by atoms with Crippen LogP contribution in [0.5, 0.6) is 5.75 Å². The first kappa shape index (κ1) is 21.8. The number of hydrogen-bond donors (Lipinski definition) is 0. The van der Waals surface area contributed by atoms with Crippen molar-refractivity contribution in [2.45, 2.75) is 26.2 Å². The fraction of sp³-hybridized carbons (Fsp3) is 0.417. The number of benzene rings is 1. The molecule has 32 heavy (non-hydrogen) atoms. The van der Waals surface area contributed by atoms with E-state index in [4.69, 9.17) is 9.72 Å². The molecule has 0 unspecified atom stereocenters. The normalized spacial score (nSPS) is 15.8. The van der Waals surface area contributed by atoms with E-state index in [-0.39, 0.29) is 18.4 Å². The lowest BCUT2D eigenvalue weighted by Crippen LogP contribution is -2.33. The zero-order valence-corrected chi connectivity index (χ0v) is 19.4. The van der Waals surface area contributed by atoms with Gasteiger partial charge >= 0.3 is 0 Å². The highest BCUT2D eigenvalue weighted by atomic mass is 16.5. The third-order valence-corrected chi connectivity index (χ3v) is 5.90. The summed E-state index contributed by atoms with van der Waals surface area (Å²) < 4.78 is 7.67. The summed E-state index contributed by atoms with van der Waals surface area (Å²) >= 11 is 0. The number of hydrogen-bond acceptors (Lipinski definition) is 6. The summed E-state index contributed by atoms with van der Waals surface area (Å²) in [5.41, 5.74) is 4.99. The average molecular weight is 435 g/mol. The monoisotopic (exact) mass is 434 g/mol. The Bertz CT molecular complexity index is 1100. The molecular formula is C24H30N6O2. The van der Waals surface area contributed by atoms with Gasteiger partial charge in [0.1, 0.15) is 5.75 Å². The maximum absolute atomic E-state index is 12.9. The van der Waals surface area contributed by atoms with E-state index >= 15 is 0 Å². The molecule has 8 heteroatoms. The van der Waals surface area contributed by atoms with Crippen molar-refractivity contribution in [3.8, 4) is 16.9 Å². The summed E-state index contributed by atoms with van der Waals surface area (Å²) in [4.78, 5) is 26.0. The van der Waals surface area contributed by atoms with Crippen LogP contribution >= 0.6 is 0 Å². The van der Waals surface area contributed by atoms with Gasteiger partial charge in [-0.1, -0.05) is 18.2 Å². The van der Waals surface area contributed by atoms with E-state index in [1.54, 1.807) is 4.68 Å². The maximum Gasteiger partial charge on any atom is 0.260 e. The van der Waals surface area contributed by atoms with Crippen LogP contribution in [-0.2, 0) is 11.8 Å². The second-order valence-corrected chi connectivity index (χ2v) is 8.60. The van der Waals surface area contributed by atoms with Crippen molar-refractivity contribution in [1.29, 1.82) is 0 Å². The van der Waals surface area contributed by atoms with Crippen LogP contribution in [-0.4, -0.2) is 64.3 Å². The van der Waals surface area contributed by atoms with E-state index in [0.717, 1.165) is 40.1 Å². The second-order valence-electron chi connectivity index (χ2n) is 8.60. The number of nitrogens with zero attached hydrogens (tertiary/aromatic N) is 6. The van der Waals surface area contributed by atoms with Gasteiger partial charge in [0.15, 0.2) is 6.61 Å². The summed E-state index contributed by atoms with van der Waals surface area (Å²) in [6, 6.07) is 5.99. The molecule has 1 fully saturated rings. The highest BCUT2D eigenvalue weighted by Crippen LogP contribution is 2.34. The molecule has 0 saturated carbocycles. The summed E-state index contributed by atoms with van der Waals surface area (Å²) in [7, 11) is 5.75. The molecule has 0 N–H and O–H groups in total. The predicted molar refractivity (Wildman–Crippen MR) is 124 cm³/mol. The Morgan fingerprint density at radius 3 is 2.62 bits per heavy atom. The lowest BCUT2D eigenvalue weighted by molar-refractivity contribution is -0.132. The zero-order chi connectivity index (χ0) is 22.8. The van der Waals surface area contributed by atoms with Crippen LogP contribution in [0.2, 0.25) is 0 Å². The molecule has 0 spiro atoms. The number of carbonyl (C=O) groups excluding carboxylic acids is 1. The molecular weight excluding hydrogens is 404 g/mol. The van der Waals surface area contributed by atoms with E-state index in [9.17, 15) is 4.79 Å². The number of aryl methyl sites for hydroxylation is 3. The molecule has 0 bridgehead atoms. The summed E-state index contributed by atoms with van der Waals surface area (Å²) in [6.45, 7) is 5.34. The lowest BCUT2D eigenvalue weighted by Gasteiger charge is -2.20. The standard InChI is InChI=1S/C24H30N6O2/c1-16-7-6-8-17(2)23(16)32-15-21(31)30-10-9-18(14-30)22-20(19-11-26-29(5)13-19)12-25-24(27-22)28(3)4/h6-8,11-13,18H,9-10,14-15H2,1-5H3/t18-/m0/s1. The molecule has 1 atom stereocenters. The zero-order valence-electron chi connectivity index (χ0n) is 19.4. The number of likely N-dealkylation sites (tertiary alicyclic amines) is 1. The summed E-state index contributed by atoms with van der Waals surface area (Å²) in [5.74, 6) is 1.59. The van der Waals surface area contributed by atoms with Crippen molar-refractivity contribution in [2.24, 2.45) is 7.05 Å². The van der Waals surface area contributed by atoms with Crippen molar-refractivity contribution >= 4 is 11.9 Å². The largest absolute Gasteiger partial charge is 0.483 e. The number of carbonyl (C=O) groups is 1. The molecule has 8 nitrogen and oxygen atoms in total. The van der Waals surface area contributed by atoms with Crippen LogP contribution in [0, 0.1) is 13.8 Å². The first-order chi connectivity index (χ1) is 15.3. The molecule has 3 heterocycles. The SMILES string of the molecule is Cc1cccc(C)c1OCC(=O)N1CC[C@H](c2nc(N(C)C)ncc2-c2cnn(C)c2)C1. The first-order valence-electron chi connectivity index (χ1n) is 10.8. The fourth-order valence-electron chi connectivity index (χ4n) is 4.16. The van der Waals surface area contributed by atoms with Gasteiger partial charge < -0.3 is 14.5 Å². The predicted octanol–water partition coefficient (Wildman–Crippen LogP) is 2.95. The molecule has 168 valence electrons. The molecule has 2 aromatic heterocycles. The molecule has 1 amide bonds. The van der Waals surface area contributed by atoms with Crippen molar-refractivity contribution in [3.05, 3.63) is 53.6 Å². The Hall–Kier alpha value is -3.42. The second kappa shape index (κ2) is 8.98. The quantitative estimate of drug-likeness (QED) is 0.594. The number of anilines is 1. The number of rotatable bonds is 6. The van der Waals surface area contributed by atoms with Gasteiger partial charge in [0.25, 0.3) is 5.91 Å². The van der Waals surface area contributed by atoms with Gasteiger partial charge in [0.2, 0.25) is 5.95 Å². The van der Waals surface area contributed by atoms with E-state index in [1.165, 1.54) is 0 Å². The molecule has 0 aliphatic carbocycles. The van der Waals surface area contributed by atoms with Crippen LogP contribution in [0.4, 0.5) is 5.95 Å². The van der Waals surface area contributed by atoms with Gasteiger partial charge in [0, 0.05) is 63.7 Å². The van der Waals surface area contributed by atoms with Crippen molar-refractivity contribution in [3.63, 3.8) is 0 Å². The minimum absolute atomic E-state index is 0.0000278. The Labute approximate surface area is 188 Å². The van der Waals surface area contributed by atoms with Crippen LogP contribution in [0.15, 0.2) is 36.8 Å². The molecule has 3 aromatic rings.